The topological polar surface area (TPSA) is 96.1 Å². The molecule has 0 atom stereocenters. The van der Waals surface area contributed by atoms with Crippen LogP contribution in [0.1, 0.15) is 12.0 Å². The highest BCUT2D eigenvalue weighted by Gasteiger charge is 2.26. The third kappa shape index (κ3) is 2.37. The van der Waals surface area contributed by atoms with Crippen molar-refractivity contribution in [2.24, 2.45) is 5.73 Å². The second-order valence-electron chi connectivity index (χ2n) is 4.15. The maximum absolute atomic E-state index is 12.3. The first-order valence-electron chi connectivity index (χ1n) is 5.72. The molecule has 0 saturated carbocycles. The van der Waals surface area contributed by atoms with Crippen LogP contribution in [0.25, 0.3) is 0 Å². The molecule has 1 aliphatic rings. The van der Waals surface area contributed by atoms with Gasteiger partial charge in [0.05, 0.1) is 16.2 Å². The molecule has 19 heavy (non-hydrogen) atoms. The van der Waals surface area contributed by atoms with E-state index in [0.717, 1.165) is 0 Å². The quantitative estimate of drug-likeness (QED) is 0.795. The van der Waals surface area contributed by atoms with E-state index >= 15 is 0 Å². The summed E-state index contributed by atoms with van der Waals surface area (Å²) in [5, 5.41) is 8.85. The van der Waals surface area contributed by atoms with Gasteiger partial charge in [-0.2, -0.15) is 5.26 Å². The first kappa shape index (κ1) is 13.3. The lowest BCUT2D eigenvalue weighted by Crippen LogP contribution is -2.38. The van der Waals surface area contributed by atoms with Crippen molar-refractivity contribution in [2.75, 3.05) is 23.4 Å². The van der Waals surface area contributed by atoms with Crippen LogP contribution >= 0.6 is 11.8 Å². The maximum Gasteiger partial charge on any atom is 0.266 e. The molecule has 0 aromatic heterocycles. The van der Waals surface area contributed by atoms with Gasteiger partial charge in [-0.3, -0.25) is 4.79 Å². The highest BCUT2D eigenvalue weighted by atomic mass is 32.2. The molecule has 0 unspecified atom stereocenters. The van der Waals surface area contributed by atoms with Gasteiger partial charge in [-0.1, -0.05) is 0 Å². The summed E-state index contributed by atoms with van der Waals surface area (Å²) in [7, 11) is 0. The molecule has 0 fully saturated rings. The van der Waals surface area contributed by atoms with E-state index in [1.54, 1.807) is 23.1 Å². The number of rotatable bonds is 2. The second-order valence-corrected chi connectivity index (χ2v) is 4.97. The number of carbonyl (C=O) groups is 1. The number of nitrogens with zero attached hydrogens (tertiary/aromatic N) is 2. The van der Waals surface area contributed by atoms with Crippen LogP contribution < -0.4 is 16.4 Å². The summed E-state index contributed by atoms with van der Waals surface area (Å²) in [6.07, 6.45) is 2.47. The van der Waals surface area contributed by atoms with Gasteiger partial charge in [-0.15, -0.1) is 11.8 Å². The SMILES string of the molecule is CSC1=C(N)CCN(c2ccc(C#N)c(N)c2)C1=O. The van der Waals surface area contributed by atoms with Crippen molar-refractivity contribution in [1.82, 2.24) is 0 Å². The minimum Gasteiger partial charge on any atom is -0.401 e. The van der Waals surface area contributed by atoms with Crippen LogP contribution in [-0.2, 0) is 4.79 Å². The van der Waals surface area contributed by atoms with Crippen LogP contribution in [0.3, 0.4) is 0 Å². The number of hydrogen-bond acceptors (Lipinski definition) is 5. The zero-order valence-electron chi connectivity index (χ0n) is 10.5. The fourth-order valence-corrected chi connectivity index (χ4v) is 2.64. The van der Waals surface area contributed by atoms with Crippen LogP contribution in [0, 0.1) is 11.3 Å². The van der Waals surface area contributed by atoms with Gasteiger partial charge in [0.25, 0.3) is 5.91 Å². The van der Waals surface area contributed by atoms with E-state index in [4.69, 9.17) is 16.7 Å². The monoisotopic (exact) mass is 274 g/mol. The van der Waals surface area contributed by atoms with Gasteiger partial charge in [0, 0.05) is 24.4 Å². The Morgan fingerprint density at radius 2 is 2.16 bits per heavy atom. The van der Waals surface area contributed by atoms with Crippen LogP contribution in [0.4, 0.5) is 11.4 Å². The average molecular weight is 274 g/mol. The van der Waals surface area contributed by atoms with Crippen molar-refractivity contribution >= 4 is 29.0 Å². The summed E-state index contributed by atoms with van der Waals surface area (Å²) in [4.78, 5) is 14.5. The molecule has 1 aliphatic heterocycles. The molecule has 0 spiro atoms. The van der Waals surface area contributed by atoms with Crippen molar-refractivity contribution in [3.05, 3.63) is 34.4 Å². The van der Waals surface area contributed by atoms with E-state index in [1.165, 1.54) is 11.8 Å². The molecule has 0 radical (unpaired) electrons. The van der Waals surface area contributed by atoms with E-state index < -0.39 is 0 Å². The Kier molecular flexibility index (Phi) is 3.67. The Balaban J connectivity index is 2.37. The molecule has 0 aliphatic carbocycles. The molecule has 0 saturated heterocycles. The van der Waals surface area contributed by atoms with E-state index in [2.05, 4.69) is 0 Å². The summed E-state index contributed by atoms with van der Waals surface area (Å²) in [6, 6.07) is 7.00. The minimum absolute atomic E-state index is 0.111. The third-order valence-electron chi connectivity index (χ3n) is 3.01. The maximum atomic E-state index is 12.3. The number of carbonyl (C=O) groups excluding carboxylic acids is 1. The molecule has 1 aromatic rings. The molecule has 2 rings (SSSR count). The lowest BCUT2D eigenvalue weighted by atomic mass is 10.1. The predicted octanol–water partition coefficient (Wildman–Crippen LogP) is 1.41. The molecule has 0 bridgehead atoms. The van der Waals surface area contributed by atoms with E-state index in [0.29, 0.717) is 40.5 Å². The van der Waals surface area contributed by atoms with Gasteiger partial charge in [-0.05, 0) is 24.5 Å². The van der Waals surface area contributed by atoms with Crippen molar-refractivity contribution in [2.45, 2.75) is 6.42 Å². The molecular formula is C13H14N4OS. The first-order chi connectivity index (χ1) is 9.08. The Bertz CT molecular complexity index is 603. The molecule has 6 heteroatoms. The number of benzene rings is 1. The zero-order valence-corrected chi connectivity index (χ0v) is 11.3. The lowest BCUT2D eigenvalue weighted by Gasteiger charge is -2.28. The molecule has 1 aromatic carbocycles. The zero-order chi connectivity index (χ0) is 14.0. The van der Waals surface area contributed by atoms with E-state index in [1.807, 2.05) is 12.3 Å². The second kappa shape index (κ2) is 5.24. The fourth-order valence-electron chi connectivity index (χ4n) is 1.99. The Hall–Kier alpha value is -2.13. The molecule has 98 valence electrons. The lowest BCUT2D eigenvalue weighted by molar-refractivity contribution is -0.114. The van der Waals surface area contributed by atoms with Gasteiger partial charge in [0.2, 0.25) is 0 Å². The normalized spacial score (nSPS) is 15.6. The highest BCUT2D eigenvalue weighted by molar-refractivity contribution is 8.03. The molecule has 5 nitrogen and oxygen atoms in total. The molecule has 1 amide bonds. The van der Waals surface area contributed by atoms with Gasteiger partial charge in [-0.25, -0.2) is 0 Å². The number of nitriles is 1. The van der Waals surface area contributed by atoms with Crippen LogP contribution in [0.5, 0.6) is 0 Å². The van der Waals surface area contributed by atoms with Gasteiger partial charge >= 0.3 is 0 Å². The highest BCUT2D eigenvalue weighted by Crippen LogP contribution is 2.29. The Morgan fingerprint density at radius 3 is 2.74 bits per heavy atom. The van der Waals surface area contributed by atoms with Crippen LogP contribution in [-0.4, -0.2) is 18.7 Å². The van der Waals surface area contributed by atoms with Gasteiger partial charge in [0.15, 0.2) is 0 Å². The van der Waals surface area contributed by atoms with E-state index in [-0.39, 0.29) is 5.91 Å². The summed E-state index contributed by atoms with van der Waals surface area (Å²) >= 11 is 1.35. The Labute approximate surface area is 115 Å². The van der Waals surface area contributed by atoms with Crippen molar-refractivity contribution in [3.63, 3.8) is 0 Å². The smallest absolute Gasteiger partial charge is 0.266 e. The fraction of sp³-hybridized carbons (Fsp3) is 0.231. The number of amides is 1. The van der Waals surface area contributed by atoms with Gasteiger partial charge in [0.1, 0.15) is 6.07 Å². The summed E-state index contributed by atoms with van der Waals surface area (Å²) in [6.45, 7) is 0.528. The number of anilines is 2. The number of thioether (sulfide) groups is 1. The third-order valence-corrected chi connectivity index (χ3v) is 3.85. The van der Waals surface area contributed by atoms with Crippen molar-refractivity contribution in [3.8, 4) is 6.07 Å². The summed E-state index contributed by atoms with van der Waals surface area (Å²) < 4.78 is 0. The minimum atomic E-state index is -0.111. The molecular weight excluding hydrogens is 260 g/mol. The van der Waals surface area contributed by atoms with Crippen molar-refractivity contribution < 1.29 is 4.79 Å². The average Bonchev–Trinajstić information content (AvgIpc) is 2.39. The van der Waals surface area contributed by atoms with Crippen molar-refractivity contribution in [1.29, 1.82) is 5.26 Å². The van der Waals surface area contributed by atoms with Gasteiger partial charge < -0.3 is 16.4 Å². The first-order valence-corrected chi connectivity index (χ1v) is 6.95. The van der Waals surface area contributed by atoms with Crippen LogP contribution in [0.15, 0.2) is 28.8 Å². The number of hydrogen-bond donors (Lipinski definition) is 2. The standard InChI is InChI=1S/C13H14N4OS/c1-19-12-10(15)4-5-17(13(12)18)9-3-2-8(7-14)11(16)6-9/h2-3,6H,4-5,15-16H2,1H3. The molecule has 4 N–H and O–H groups in total. The molecule has 1 heterocycles. The van der Waals surface area contributed by atoms with E-state index in [9.17, 15) is 4.79 Å². The Morgan fingerprint density at radius 1 is 1.42 bits per heavy atom. The summed E-state index contributed by atoms with van der Waals surface area (Å²) in [5.41, 5.74) is 13.7. The number of nitrogen functional groups attached to an aromatic ring is 1. The van der Waals surface area contributed by atoms with Crippen LogP contribution in [0.2, 0.25) is 0 Å². The predicted molar refractivity (Wildman–Crippen MR) is 77.3 cm³/mol. The number of nitrogens with two attached hydrogens (primary N) is 2. The summed E-state index contributed by atoms with van der Waals surface area (Å²) in [5.74, 6) is -0.111. The largest absolute Gasteiger partial charge is 0.401 e.